The fourth-order valence-corrected chi connectivity index (χ4v) is 1.77. The number of carboxylic acid groups (broad SMARTS) is 1. The van der Waals surface area contributed by atoms with Crippen LogP contribution in [0.15, 0.2) is 35.1 Å². The van der Waals surface area contributed by atoms with E-state index in [1.54, 1.807) is 0 Å². The van der Waals surface area contributed by atoms with E-state index in [-0.39, 0.29) is 18.5 Å². The van der Waals surface area contributed by atoms with Gasteiger partial charge in [0, 0.05) is 29.7 Å². The molecule has 0 saturated carbocycles. The van der Waals surface area contributed by atoms with E-state index in [9.17, 15) is 19.7 Å². The van der Waals surface area contributed by atoms with Crippen LogP contribution in [0.4, 0.5) is 5.69 Å². The summed E-state index contributed by atoms with van der Waals surface area (Å²) in [6.07, 6.45) is -0.0695. The van der Waals surface area contributed by atoms with Crippen LogP contribution in [-0.4, -0.2) is 26.2 Å². The van der Waals surface area contributed by atoms with Crippen molar-refractivity contribution < 1.29 is 14.8 Å². The molecule has 0 bridgehead atoms. The Morgan fingerprint density at radius 2 is 2.00 bits per heavy atom. The molecule has 2 N–H and O–H groups in total. The molecule has 0 spiro atoms. The van der Waals surface area contributed by atoms with Crippen molar-refractivity contribution in [2.45, 2.75) is 12.8 Å². The van der Waals surface area contributed by atoms with Gasteiger partial charge >= 0.3 is 5.97 Å². The Balaban J connectivity index is 2.31. The number of aromatic nitrogens is 2. The van der Waals surface area contributed by atoms with E-state index in [1.165, 1.54) is 30.3 Å². The van der Waals surface area contributed by atoms with E-state index in [4.69, 9.17) is 5.11 Å². The lowest BCUT2D eigenvalue weighted by molar-refractivity contribution is -0.384. The number of aryl methyl sites for hydroxylation is 1. The third-order valence-electron chi connectivity index (χ3n) is 2.86. The molecule has 21 heavy (non-hydrogen) atoms. The van der Waals surface area contributed by atoms with Gasteiger partial charge in [-0.3, -0.25) is 19.7 Å². The molecule has 0 fully saturated rings. The molecular weight excluding hydrogens is 278 g/mol. The largest absolute Gasteiger partial charge is 0.481 e. The number of hydrogen-bond donors (Lipinski definition) is 2. The fraction of sp³-hybridized carbons (Fsp3) is 0.154. The molecule has 2 aromatic rings. The van der Waals surface area contributed by atoms with Gasteiger partial charge in [0.1, 0.15) is 0 Å². The molecule has 8 nitrogen and oxygen atoms in total. The summed E-state index contributed by atoms with van der Waals surface area (Å²) >= 11 is 0. The zero-order chi connectivity index (χ0) is 15.4. The molecule has 2 rings (SSSR count). The highest BCUT2D eigenvalue weighted by Crippen LogP contribution is 2.20. The van der Waals surface area contributed by atoms with Crippen molar-refractivity contribution in [1.82, 2.24) is 10.2 Å². The van der Waals surface area contributed by atoms with Gasteiger partial charge in [0.2, 0.25) is 0 Å². The van der Waals surface area contributed by atoms with E-state index in [2.05, 4.69) is 10.2 Å². The first kappa shape index (κ1) is 14.4. The summed E-state index contributed by atoms with van der Waals surface area (Å²) < 4.78 is 0. The van der Waals surface area contributed by atoms with Crippen LogP contribution in [0.2, 0.25) is 0 Å². The Labute approximate surface area is 118 Å². The number of carbonyl (C=O) groups is 1. The molecule has 0 amide bonds. The number of non-ortho nitro benzene ring substituents is 1. The fourth-order valence-electron chi connectivity index (χ4n) is 1.77. The summed E-state index contributed by atoms with van der Waals surface area (Å²) in [7, 11) is 0. The number of rotatable bonds is 5. The standard InChI is InChI=1S/C13H11N3O5/c17-12(18)6-3-9-7-11(14-15-13(9)19)8-1-4-10(5-2-8)16(20)21/h1-2,4-5,7H,3,6H2,(H,15,19)(H,17,18). The van der Waals surface area contributed by atoms with Gasteiger partial charge in [0.15, 0.2) is 0 Å². The summed E-state index contributed by atoms with van der Waals surface area (Å²) in [6, 6.07) is 7.18. The van der Waals surface area contributed by atoms with Crippen LogP contribution < -0.4 is 5.56 Å². The first-order valence-electron chi connectivity index (χ1n) is 6.02. The van der Waals surface area contributed by atoms with Crippen LogP contribution >= 0.6 is 0 Å². The molecule has 1 heterocycles. The minimum absolute atomic E-state index is 0.0470. The number of benzene rings is 1. The maximum Gasteiger partial charge on any atom is 0.303 e. The number of aromatic amines is 1. The second-order valence-electron chi connectivity index (χ2n) is 4.31. The topological polar surface area (TPSA) is 126 Å². The molecule has 0 atom stereocenters. The average Bonchev–Trinajstić information content (AvgIpc) is 2.46. The maximum atomic E-state index is 11.6. The van der Waals surface area contributed by atoms with Crippen molar-refractivity contribution in [1.29, 1.82) is 0 Å². The Morgan fingerprint density at radius 3 is 2.57 bits per heavy atom. The van der Waals surface area contributed by atoms with Crippen molar-refractivity contribution in [2.24, 2.45) is 0 Å². The van der Waals surface area contributed by atoms with E-state index in [0.717, 1.165) is 0 Å². The van der Waals surface area contributed by atoms with Crippen LogP contribution in [-0.2, 0) is 11.2 Å². The molecule has 8 heteroatoms. The predicted molar refractivity (Wildman–Crippen MR) is 72.9 cm³/mol. The van der Waals surface area contributed by atoms with Gasteiger partial charge in [0.25, 0.3) is 11.2 Å². The Hall–Kier alpha value is -3.03. The van der Waals surface area contributed by atoms with Gasteiger partial charge in [-0.25, -0.2) is 5.10 Å². The number of nitro benzene ring substituents is 1. The summed E-state index contributed by atoms with van der Waals surface area (Å²) in [5.74, 6) is -0.997. The number of aliphatic carboxylic acids is 1. The second kappa shape index (κ2) is 5.95. The highest BCUT2D eigenvalue weighted by Gasteiger charge is 2.09. The first-order valence-corrected chi connectivity index (χ1v) is 6.02. The molecule has 0 aliphatic heterocycles. The molecule has 0 aliphatic rings. The van der Waals surface area contributed by atoms with Crippen molar-refractivity contribution >= 4 is 11.7 Å². The summed E-state index contributed by atoms with van der Waals surface area (Å²) in [6.45, 7) is 0. The third-order valence-corrected chi connectivity index (χ3v) is 2.86. The molecule has 0 unspecified atom stereocenters. The summed E-state index contributed by atoms with van der Waals surface area (Å²) in [4.78, 5) is 32.2. The number of H-pyrrole nitrogens is 1. The molecule has 108 valence electrons. The van der Waals surface area contributed by atoms with E-state index < -0.39 is 16.5 Å². The normalized spacial score (nSPS) is 10.3. The highest BCUT2D eigenvalue weighted by molar-refractivity contribution is 5.67. The van der Waals surface area contributed by atoms with Crippen LogP contribution in [0.3, 0.4) is 0 Å². The van der Waals surface area contributed by atoms with E-state index in [1.807, 2.05) is 0 Å². The molecule has 0 saturated heterocycles. The summed E-state index contributed by atoms with van der Waals surface area (Å²) in [5.41, 5.74) is 0.829. The van der Waals surface area contributed by atoms with Crippen LogP contribution in [0, 0.1) is 10.1 Å². The SMILES string of the molecule is O=C(O)CCc1cc(-c2ccc([N+](=O)[O-])cc2)n[nH]c1=O. The monoisotopic (exact) mass is 289 g/mol. The highest BCUT2D eigenvalue weighted by atomic mass is 16.6. The number of carboxylic acids is 1. The molecule has 0 radical (unpaired) electrons. The van der Waals surface area contributed by atoms with Crippen molar-refractivity contribution in [3.05, 3.63) is 56.4 Å². The van der Waals surface area contributed by atoms with Gasteiger partial charge in [-0.2, -0.15) is 5.10 Å². The van der Waals surface area contributed by atoms with Crippen molar-refractivity contribution in [3.63, 3.8) is 0 Å². The first-order chi connectivity index (χ1) is 9.97. The predicted octanol–water partition coefficient (Wildman–Crippen LogP) is 1.36. The third kappa shape index (κ3) is 3.50. The molecule has 0 aliphatic carbocycles. The molecule has 1 aromatic carbocycles. The lowest BCUT2D eigenvalue weighted by Gasteiger charge is -2.03. The van der Waals surface area contributed by atoms with Crippen molar-refractivity contribution in [2.75, 3.05) is 0 Å². The minimum atomic E-state index is -0.997. The minimum Gasteiger partial charge on any atom is -0.481 e. The Morgan fingerprint density at radius 1 is 1.33 bits per heavy atom. The summed E-state index contributed by atoms with van der Waals surface area (Å²) in [5, 5.41) is 25.4. The lowest BCUT2D eigenvalue weighted by Crippen LogP contribution is -2.15. The van der Waals surface area contributed by atoms with Crippen LogP contribution in [0.1, 0.15) is 12.0 Å². The second-order valence-corrected chi connectivity index (χ2v) is 4.31. The van der Waals surface area contributed by atoms with Gasteiger partial charge in [0.05, 0.1) is 10.6 Å². The van der Waals surface area contributed by atoms with Gasteiger partial charge in [-0.05, 0) is 24.6 Å². The van der Waals surface area contributed by atoms with Crippen LogP contribution in [0.5, 0.6) is 0 Å². The molecular formula is C13H11N3O5. The van der Waals surface area contributed by atoms with Gasteiger partial charge < -0.3 is 5.11 Å². The Bertz CT molecular complexity index is 736. The average molecular weight is 289 g/mol. The quantitative estimate of drug-likeness (QED) is 0.632. The Kier molecular flexibility index (Phi) is 4.07. The van der Waals surface area contributed by atoms with E-state index >= 15 is 0 Å². The van der Waals surface area contributed by atoms with E-state index in [0.29, 0.717) is 16.8 Å². The lowest BCUT2D eigenvalue weighted by atomic mass is 10.1. The number of hydrogen-bond acceptors (Lipinski definition) is 5. The van der Waals surface area contributed by atoms with Gasteiger partial charge in [-0.15, -0.1) is 0 Å². The number of nitrogens with one attached hydrogen (secondary N) is 1. The van der Waals surface area contributed by atoms with Gasteiger partial charge in [-0.1, -0.05) is 0 Å². The molecule has 1 aromatic heterocycles. The van der Waals surface area contributed by atoms with Crippen molar-refractivity contribution in [3.8, 4) is 11.3 Å². The smallest absolute Gasteiger partial charge is 0.303 e. The van der Waals surface area contributed by atoms with Crippen LogP contribution in [0.25, 0.3) is 11.3 Å². The number of nitro groups is 1. The maximum absolute atomic E-state index is 11.6. The zero-order valence-corrected chi connectivity index (χ0v) is 10.8. The number of nitrogens with zero attached hydrogens (tertiary/aromatic N) is 2. The zero-order valence-electron chi connectivity index (χ0n) is 10.8.